The minimum Gasteiger partial charge on any atom is -0.462 e. The van der Waals surface area contributed by atoms with Crippen LogP contribution in [-0.2, 0) is 16.0 Å². The van der Waals surface area contributed by atoms with Crippen molar-refractivity contribution in [2.75, 3.05) is 6.61 Å². The molecule has 1 aromatic rings. The second-order valence-electron chi connectivity index (χ2n) is 5.65. The molecule has 7 nitrogen and oxygen atoms in total. The van der Waals surface area contributed by atoms with Crippen molar-refractivity contribution in [3.8, 4) is 5.75 Å². The molecule has 0 spiro atoms. The van der Waals surface area contributed by atoms with Crippen LogP contribution in [0, 0.1) is 0 Å². The minimum atomic E-state index is -1.34. The topological polar surface area (TPSA) is 108 Å². The molecule has 5 unspecified atom stereocenters. The Morgan fingerprint density at radius 3 is 2.71 bits per heavy atom. The number of amides is 1. The minimum absolute atomic E-state index is 0.398. The lowest BCUT2D eigenvalue weighted by atomic mass is 9.97. The van der Waals surface area contributed by atoms with E-state index in [0.29, 0.717) is 12.2 Å². The fraction of sp³-hybridized carbons (Fsp3) is 0.471. The van der Waals surface area contributed by atoms with E-state index >= 15 is 0 Å². The predicted molar refractivity (Wildman–Crippen MR) is 86.3 cm³/mol. The first kappa shape index (κ1) is 18.4. The maximum Gasteiger partial charge on any atom is 0.223 e. The number of allylic oxidation sites excluding steroid dienone is 1. The lowest BCUT2D eigenvalue weighted by molar-refractivity contribution is -0.244. The van der Waals surface area contributed by atoms with Gasteiger partial charge in [-0.2, -0.15) is 0 Å². The van der Waals surface area contributed by atoms with Gasteiger partial charge in [0.2, 0.25) is 12.2 Å². The van der Waals surface area contributed by atoms with Crippen LogP contribution in [-0.4, -0.2) is 58.5 Å². The summed E-state index contributed by atoms with van der Waals surface area (Å²) in [5.41, 5.74) is 0.860. The monoisotopic (exact) mass is 337 g/mol. The number of nitrogens with one attached hydrogen (secondary N) is 1. The molecule has 1 aromatic carbocycles. The van der Waals surface area contributed by atoms with Crippen LogP contribution in [0.3, 0.4) is 0 Å². The molecular formula is C17H23NO6. The summed E-state index contributed by atoms with van der Waals surface area (Å²) in [6, 6.07) is 6.26. The van der Waals surface area contributed by atoms with Gasteiger partial charge >= 0.3 is 0 Å². The highest BCUT2D eigenvalue weighted by Gasteiger charge is 2.46. The van der Waals surface area contributed by atoms with E-state index in [2.05, 4.69) is 11.9 Å². The summed E-state index contributed by atoms with van der Waals surface area (Å²) < 4.78 is 11.4. The Hall–Kier alpha value is -1.93. The molecule has 1 heterocycles. The van der Waals surface area contributed by atoms with Gasteiger partial charge in [-0.1, -0.05) is 24.3 Å². The first-order chi connectivity index (χ1) is 11.5. The maximum atomic E-state index is 11.4. The molecule has 1 aliphatic heterocycles. The fourth-order valence-electron chi connectivity index (χ4n) is 2.64. The Balaban J connectivity index is 2.26. The number of aliphatic hydroxyl groups excluding tert-OH is 3. The van der Waals surface area contributed by atoms with Gasteiger partial charge in [-0.25, -0.2) is 0 Å². The summed E-state index contributed by atoms with van der Waals surface area (Å²) in [5, 5.41) is 32.1. The van der Waals surface area contributed by atoms with E-state index in [4.69, 9.17) is 9.47 Å². The Kier molecular flexibility index (Phi) is 6.33. The van der Waals surface area contributed by atoms with Gasteiger partial charge < -0.3 is 30.1 Å². The van der Waals surface area contributed by atoms with E-state index in [-0.39, 0.29) is 0 Å². The number of ether oxygens (including phenoxy) is 2. The van der Waals surface area contributed by atoms with Gasteiger partial charge in [-0.15, -0.1) is 6.58 Å². The highest BCUT2D eigenvalue weighted by Crippen LogP contribution is 2.27. The summed E-state index contributed by atoms with van der Waals surface area (Å²) in [6.07, 6.45) is -2.45. The normalized spacial score (nSPS) is 29.8. The molecule has 5 atom stereocenters. The number of aliphatic hydroxyl groups is 3. The van der Waals surface area contributed by atoms with E-state index in [0.717, 1.165) is 5.56 Å². The lowest BCUT2D eigenvalue weighted by Gasteiger charge is -2.42. The molecular weight excluding hydrogens is 314 g/mol. The highest BCUT2D eigenvalue weighted by atomic mass is 16.7. The number of carbonyl (C=O) groups excluding carboxylic acids is 1. The fourth-order valence-corrected chi connectivity index (χ4v) is 2.64. The summed E-state index contributed by atoms with van der Waals surface area (Å²) in [7, 11) is 0. The zero-order valence-electron chi connectivity index (χ0n) is 13.5. The van der Waals surface area contributed by atoms with E-state index in [1.165, 1.54) is 6.92 Å². The molecule has 1 saturated heterocycles. The number of carbonyl (C=O) groups is 1. The predicted octanol–water partition coefficient (Wildman–Crippen LogP) is -0.262. The zero-order chi connectivity index (χ0) is 17.7. The van der Waals surface area contributed by atoms with Crippen molar-refractivity contribution in [3.05, 3.63) is 42.5 Å². The molecule has 0 bridgehead atoms. The van der Waals surface area contributed by atoms with E-state index in [9.17, 15) is 20.1 Å². The standard InChI is InChI=1S/C17H23NO6/c1-3-6-11-7-4-5-8-12(11)23-17-14(18-10(2)20)16(22)15(21)13(9-19)24-17/h3-5,7-8,13-17,19,21-22H,1,6,9H2,2H3,(H,18,20). The first-order valence-electron chi connectivity index (χ1n) is 7.73. The molecule has 132 valence electrons. The van der Waals surface area contributed by atoms with Gasteiger partial charge in [0, 0.05) is 6.92 Å². The molecule has 4 N–H and O–H groups in total. The Morgan fingerprint density at radius 1 is 1.38 bits per heavy atom. The van der Waals surface area contributed by atoms with Crippen LogP contribution in [0.2, 0.25) is 0 Å². The molecule has 1 fully saturated rings. The van der Waals surface area contributed by atoms with E-state index in [1.54, 1.807) is 18.2 Å². The van der Waals surface area contributed by atoms with Crippen LogP contribution in [0.4, 0.5) is 0 Å². The molecule has 1 aliphatic rings. The molecule has 0 saturated carbocycles. The zero-order valence-corrected chi connectivity index (χ0v) is 13.5. The first-order valence-corrected chi connectivity index (χ1v) is 7.73. The summed E-state index contributed by atoms with van der Waals surface area (Å²) in [4.78, 5) is 11.4. The van der Waals surface area contributed by atoms with Crippen LogP contribution in [0.1, 0.15) is 12.5 Å². The van der Waals surface area contributed by atoms with Gasteiger partial charge in [0.25, 0.3) is 0 Å². The number of rotatable bonds is 6. The average Bonchev–Trinajstić information content (AvgIpc) is 2.56. The molecule has 7 heteroatoms. The smallest absolute Gasteiger partial charge is 0.223 e. The van der Waals surface area contributed by atoms with E-state index in [1.807, 2.05) is 12.1 Å². The molecule has 0 aromatic heterocycles. The van der Waals surface area contributed by atoms with Gasteiger partial charge in [-0.3, -0.25) is 4.79 Å². The number of hydrogen-bond acceptors (Lipinski definition) is 6. The maximum absolute atomic E-state index is 11.4. The summed E-state index contributed by atoms with van der Waals surface area (Å²) in [5.74, 6) is 0.114. The SMILES string of the molecule is C=CCc1ccccc1OC1OC(CO)C(O)C(O)C1NC(C)=O. The van der Waals surface area contributed by atoms with Crippen molar-refractivity contribution >= 4 is 5.91 Å². The second kappa shape index (κ2) is 8.25. The van der Waals surface area contributed by atoms with Gasteiger partial charge in [0.05, 0.1) is 6.61 Å². The van der Waals surface area contributed by atoms with Crippen LogP contribution in [0.15, 0.2) is 36.9 Å². The van der Waals surface area contributed by atoms with Crippen molar-refractivity contribution in [1.29, 1.82) is 0 Å². The van der Waals surface area contributed by atoms with Gasteiger partial charge in [-0.05, 0) is 18.1 Å². The van der Waals surface area contributed by atoms with Crippen molar-refractivity contribution < 1.29 is 29.6 Å². The quantitative estimate of drug-likeness (QED) is 0.533. The van der Waals surface area contributed by atoms with Crippen LogP contribution in [0.5, 0.6) is 5.75 Å². The van der Waals surface area contributed by atoms with E-state index < -0.39 is 43.2 Å². The van der Waals surface area contributed by atoms with Crippen molar-refractivity contribution in [1.82, 2.24) is 5.32 Å². The third-order valence-electron chi connectivity index (χ3n) is 3.83. The van der Waals surface area contributed by atoms with Crippen LogP contribution in [0.25, 0.3) is 0 Å². The molecule has 1 amide bonds. The lowest BCUT2D eigenvalue weighted by Crippen LogP contribution is -2.65. The second-order valence-corrected chi connectivity index (χ2v) is 5.65. The van der Waals surface area contributed by atoms with Crippen molar-refractivity contribution in [3.63, 3.8) is 0 Å². The molecule has 0 aliphatic carbocycles. The van der Waals surface area contributed by atoms with Gasteiger partial charge in [0.1, 0.15) is 30.1 Å². The average molecular weight is 337 g/mol. The summed E-state index contributed by atoms with van der Waals surface area (Å²) in [6.45, 7) is 4.50. The third kappa shape index (κ3) is 4.12. The van der Waals surface area contributed by atoms with Crippen molar-refractivity contribution in [2.24, 2.45) is 0 Å². The number of para-hydroxylation sites is 1. The Bertz CT molecular complexity index is 578. The highest BCUT2D eigenvalue weighted by molar-refractivity contribution is 5.73. The number of benzene rings is 1. The molecule has 24 heavy (non-hydrogen) atoms. The Labute approximate surface area is 140 Å². The number of hydrogen-bond donors (Lipinski definition) is 4. The van der Waals surface area contributed by atoms with Crippen LogP contribution < -0.4 is 10.1 Å². The molecule has 2 rings (SSSR count). The van der Waals surface area contributed by atoms with Crippen LogP contribution >= 0.6 is 0 Å². The summed E-state index contributed by atoms with van der Waals surface area (Å²) >= 11 is 0. The third-order valence-corrected chi connectivity index (χ3v) is 3.83. The Morgan fingerprint density at radius 2 is 2.08 bits per heavy atom. The van der Waals surface area contributed by atoms with Crippen molar-refractivity contribution in [2.45, 2.75) is 44.0 Å². The largest absolute Gasteiger partial charge is 0.462 e. The molecule has 0 radical (unpaired) electrons. The van der Waals surface area contributed by atoms with Gasteiger partial charge in [0.15, 0.2) is 0 Å².